The highest BCUT2D eigenvalue weighted by Crippen LogP contribution is 2.33. The maximum Gasteiger partial charge on any atom is 0.251 e. The summed E-state index contributed by atoms with van der Waals surface area (Å²) in [5.74, 6) is -1.08. The van der Waals surface area contributed by atoms with Crippen LogP contribution in [-0.2, 0) is 11.4 Å². The highest BCUT2D eigenvalue weighted by Gasteiger charge is 2.25. The number of benzene rings is 2. The first kappa shape index (κ1) is 25.5. The van der Waals surface area contributed by atoms with Crippen LogP contribution in [0.1, 0.15) is 36.7 Å². The average molecular weight is 515 g/mol. The van der Waals surface area contributed by atoms with Crippen molar-refractivity contribution in [3.05, 3.63) is 82.3 Å². The number of hydrogen-bond acceptors (Lipinski definition) is 5. The Morgan fingerprint density at radius 1 is 1.22 bits per heavy atom. The SMILES string of the molecule is Cc1cc(-n2cc(F)cn2)c2cccc(OCc3c(Cl)cc(F)cc3C(C)N(C)C(=O)C(C)O)c2n1. The minimum Gasteiger partial charge on any atom is -0.487 e. The molecule has 2 aromatic carbocycles. The molecular weight excluding hydrogens is 490 g/mol. The lowest BCUT2D eigenvalue weighted by Gasteiger charge is -2.28. The fraction of sp³-hybridized carbons (Fsp3) is 0.269. The van der Waals surface area contributed by atoms with E-state index in [4.69, 9.17) is 16.3 Å². The van der Waals surface area contributed by atoms with Crippen LogP contribution in [0.15, 0.2) is 48.8 Å². The molecule has 10 heteroatoms. The zero-order valence-electron chi connectivity index (χ0n) is 20.2. The lowest BCUT2D eigenvalue weighted by atomic mass is 10.00. The standard InChI is InChI=1S/C26H25ClF2N4O3/c1-14-8-23(33-12-18(29)11-30-33)19-6-5-7-24(25(19)31-14)36-13-21-20(9-17(28)10-22(21)27)15(2)32(4)26(35)16(3)34/h5-12,15-16,34H,13H2,1-4H3. The van der Waals surface area contributed by atoms with Crippen LogP contribution in [0.4, 0.5) is 8.78 Å². The Kier molecular flexibility index (Phi) is 7.23. The predicted octanol–water partition coefficient (Wildman–Crippen LogP) is 5.14. The number of rotatable bonds is 7. The number of aryl methyl sites for hydroxylation is 1. The van der Waals surface area contributed by atoms with Crippen LogP contribution in [0, 0.1) is 18.6 Å². The largest absolute Gasteiger partial charge is 0.487 e. The summed E-state index contributed by atoms with van der Waals surface area (Å²) in [5.41, 5.74) is 2.80. The summed E-state index contributed by atoms with van der Waals surface area (Å²) in [5, 5.41) is 14.6. The first-order valence-electron chi connectivity index (χ1n) is 11.2. The van der Waals surface area contributed by atoms with Crippen molar-refractivity contribution in [3.63, 3.8) is 0 Å². The number of aromatic nitrogens is 3. The summed E-state index contributed by atoms with van der Waals surface area (Å²) in [7, 11) is 1.53. The van der Waals surface area contributed by atoms with Crippen molar-refractivity contribution < 1.29 is 23.4 Å². The monoisotopic (exact) mass is 514 g/mol. The normalized spacial score (nSPS) is 13.0. The van der Waals surface area contributed by atoms with E-state index in [0.29, 0.717) is 39.2 Å². The van der Waals surface area contributed by atoms with Gasteiger partial charge in [-0.15, -0.1) is 0 Å². The minimum absolute atomic E-state index is 0.0318. The van der Waals surface area contributed by atoms with Gasteiger partial charge in [-0.1, -0.05) is 23.7 Å². The number of amides is 1. The van der Waals surface area contributed by atoms with E-state index in [1.54, 1.807) is 25.1 Å². The molecule has 36 heavy (non-hydrogen) atoms. The molecule has 1 amide bonds. The molecule has 2 aromatic heterocycles. The maximum atomic E-state index is 14.3. The second-order valence-electron chi connectivity index (χ2n) is 8.58. The Bertz CT molecular complexity index is 1440. The van der Waals surface area contributed by atoms with Gasteiger partial charge in [-0.3, -0.25) is 4.79 Å². The maximum absolute atomic E-state index is 14.3. The average Bonchev–Trinajstić information content (AvgIpc) is 3.27. The first-order valence-corrected chi connectivity index (χ1v) is 11.6. The third kappa shape index (κ3) is 5.03. The molecular formula is C26H25ClF2N4O3. The van der Waals surface area contributed by atoms with Crippen LogP contribution in [0.3, 0.4) is 0 Å². The molecule has 2 unspecified atom stereocenters. The van der Waals surface area contributed by atoms with Gasteiger partial charge in [-0.05, 0) is 50.6 Å². The summed E-state index contributed by atoms with van der Waals surface area (Å²) in [6, 6.07) is 9.05. The quantitative estimate of drug-likeness (QED) is 0.369. The Labute approximate surface area is 211 Å². The summed E-state index contributed by atoms with van der Waals surface area (Å²) < 4.78 is 35.5. The van der Waals surface area contributed by atoms with Crippen LogP contribution in [0.25, 0.3) is 16.6 Å². The van der Waals surface area contributed by atoms with E-state index in [2.05, 4.69) is 10.1 Å². The molecule has 0 aliphatic heterocycles. The van der Waals surface area contributed by atoms with Crippen molar-refractivity contribution in [1.29, 1.82) is 0 Å². The number of para-hydroxylation sites is 1. The van der Waals surface area contributed by atoms with Gasteiger partial charge in [-0.25, -0.2) is 18.4 Å². The number of likely N-dealkylation sites (N-methyl/N-ethyl adjacent to an activating group) is 1. The Hall–Kier alpha value is -3.56. The summed E-state index contributed by atoms with van der Waals surface area (Å²) >= 11 is 6.41. The Morgan fingerprint density at radius 2 is 1.97 bits per heavy atom. The van der Waals surface area contributed by atoms with Crippen molar-refractivity contribution in [2.45, 2.75) is 39.5 Å². The number of carbonyl (C=O) groups is 1. The second kappa shape index (κ2) is 10.2. The number of pyridine rings is 1. The topological polar surface area (TPSA) is 80.5 Å². The molecule has 4 aromatic rings. The number of carbonyl (C=O) groups excluding carboxylic acids is 1. The van der Waals surface area contributed by atoms with E-state index in [1.807, 2.05) is 13.0 Å². The molecule has 0 radical (unpaired) electrons. The summed E-state index contributed by atoms with van der Waals surface area (Å²) in [4.78, 5) is 18.3. The Morgan fingerprint density at radius 3 is 2.64 bits per heavy atom. The van der Waals surface area contributed by atoms with Gasteiger partial charge in [0.05, 0.1) is 29.1 Å². The molecule has 0 fully saturated rings. The van der Waals surface area contributed by atoms with Gasteiger partial charge >= 0.3 is 0 Å². The van der Waals surface area contributed by atoms with Gasteiger partial charge < -0.3 is 14.7 Å². The number of fused-ring (bicyclic) bond motifs is 1. The summed E-state index contributed by atoms with van der Waals surface area (Å²) in [6.45, 7) is 4.86. The van der Waals surface area contributed by atoms with Crippen LogP contribution < -0.4 is 4.74 Å². The number of ether oxygens (including phenoxy) is 1. The van der Waals surface area contributed by atoms with Gasteiger partial charge in [-0.2, -0.15) is 5.10 Å². The van der Waals surface area contributed by atoms with Crippen molar-refractivity contribution in [3.8, 4) is 11.4 Å². The van der Waals surface area contributed by atoms with Crippen molar-refractivity contribution in [2.24, 2.45) is 0 Å². The lowest BCUT2D eigenvalue weighted by molar-refractivity contribution is -0.139. The van der Waals surface area contributed by atoms with Gasteiger partial charge in [0.15, 0.2) is 5.82 Å². The van der Waals surface area contributed by atoms with E-state index >= 15 is 0 Å². The summed E-state index contributed by atoms with van der Waals surface area (Å²) in [6.07, 6.45) is 1.20. The second-order valence-corrected chi connectivity index (χ2v) is 8.99. The molecule has 0 aliphatic carbocycles. The molecule has 0 bridgehead atoms. The molecule has 1 N–H and O–H groups in total. The van der Waals surface area contributed by atoms with E-state index < -0.39 is 29.7 Å². The van der Waals surface area contributed by atoms with Crippen molar-refractivity contribution in [1.82, 2.24) is 19.7 Å². The zero-order valence-corrected chi connectivity index (χ0v) is 20.9. The molecule has 4 rings (SSSR count). The number of aliphatic hydroxyl groups is 1. The number of halogens is 3. The third-order valence-corrected chi connectivity index (χ3v) is 6.35. The Balaban J connectivity index is 1.72. The van der Waals surface area contributed by atoms with Crippen LogP contribution in [-0.4, -0.2) is 43.8 Å². The minimum atomic E-state index is -1.20. The lowest BCUT2D eigenvalue weighted by Crippen LogP contribution is -2.37. The number of hydrogen-bond donors (Lipinski definition) is 1. The molecule has 0 saturated carbocycles. The van der Waals surface area contributed by atoms with Crippen LogP contribution in [0.2, 0.25) is 5.02 Å². The fourth-order valence-corrected chi connectivity index (χ4v) is 4.33. The van der Waals surface area contributed by atoms with Crippen molar-refractivity contribution >= 4 is 28.4 Å². The van der Waals surface area contributed by atoms with E-state index in [1.165, 1.54) is 41.9 Å². The number of aliphatic hydroxyl groups excluding tert-OH is 1. The van der Waals surface area contributed by atoms with E-state index in [9.17, 15) is 18.7 Å². The smallest absolute Gasteiger partial charge is 0.251 e. The molecule has 2 atom stereocenters. The molecule has 188 valence electrons. The van der Waals surface area contributed by atoms with Gasteiger partial charge in [0.25, 0.3) is 5.91 Å². The predicted molar refractivity (Wildman–Crippen MR) is 132 cm³/mol. The third-order valence-electron chi connectivity index (χ3n) is 6.01. The molecule has 0 spiro atoms. The zero-order chi connectivity index (χ0) is 26.1. The van der Waals surface area contributed by atoms with Crippen LogP contribution >= 0.6 is 11.6 Å². The first-order chi connectivity index (χ1) is 17.1. The van der Waals surface area contributed by atoms with Crippen LogP contribution in [0.5, 0.6) is 5.75 Å². The molecule has 0 aliphatic rings. The van der Waals surface area contributed by atoms with E-state index in [-0.39, 0.29) is 11.6 Å². The highest BCUT2D eigenvalue weighted by atomic mass is 35.5. The van der Waals surface area contributed by atoms with Gasteiger partial charge in [0, 0.05) is 23.7 Å². The van der Waals surface area contributed by atoms with Crippen molar-refractivity contribution in [2.75, 3.05) is 7.05 Å². The molecule has 2 heterocycles. The molecule has 0 saturated heterocycles. The van der Waals surface area contributed by atoms with Gasteiger partial charge in [0.1, 0.15) is 29.8 Å². The molecule has 7 nitrogen and oxygen atoms in total. The number of nitrogens with zero attached hydrogens (tertiary/aromatic N) is 4. The van der Waals surface area contributed by atoms with E-state index in [0.717, 1.165) is 6.20 Å². The van der Waals surface area contributed by atoms with Gasteiger partial charge in [0.2, 0.25) is 0 Å². The fourth-order valence-electron chi connectivity index (χ4n) is 4.06. The highest BCUT2D eigenvalue weighted by molar-refractivity contribution is 6.31.